The Labute approximate surface area is 172 Å². The maximum Gasteiger partial charge on any atom is 0.338 e. The summed E-state index contributed by atoms with van der Waals surface area (Å²) in [6, 6.07) is 18.8. The Bertz CT molecular complexity index is 1060. The number of anilines is 1. The summed E-state index contributed by atoms with van der Waals surface area (Å²) in [5.74, 6) is -0.215. The zero-order valence-electron chi connectivity index (χ0n) is 16.0. The molecule has 3 aromatic rings. The first-order chi connectivity index (χ1) is 14.5. The van der Waals surface area contributed by atoms with Gasteiger partial charge in [-0.05, 0) is 54.1 Å². The molecule has 8 heteroatoms. The van der Waals surface area contributed by atoms with E-state index in [2.05, 4.69) is 5.32 Å². The fourth-order valence-corrected chi connectivity index (χ4v) is 2.63. The van der Waals surface area contributed by atoms with Crippen molar-refractivity contribution in [3.05, 3.63) is 99.6 Å². The van der Waals surface area contributed by atoms with E-state index in [1.54, 1.807) is 49.6 Å². The number of nitro benzene ring substituents is 1. The van der Waals surface area contributed by atoms with Crippen LogP contribution in [0.1, 0.15) is 26.3 Å². The molecule has 0 heterocycles. The van der Waals surface area contributed by atoms with Crippen molar-refractivity contribution in [2.24, 2.45) is 0 Å². The average Bonchev–Trinajstić information content (AvgIpc) is 2.78. The highest BCUT2D eigenvalue weighted by Gasteiger charge is 2.11. The second-order valence-corrected chi connectivity index (χ2v) is 6.26. The number of nitro groups is 1. The number of nitrogens with zero attached hydrogens (tertiary/aromatic N) is 1. The molecule has 0 unspecified atom stereocenters. The number of non-ortho nitro benzene ring substituents is 1. The first-order valence-electron chi connectivity index (χ1n) is 8.92. The number of esters is 1. The van der Waals surface area contributed by atoms with Gasteiger partial charge in [0.25, 0.3) is 11.6 Å². The van der Waals surface area contributed by atoms with Gasteiger partial charge < -0.3 is 14.8 Å². The molecule has 152 valence electrons. The van der Waals surface area contributed by atoms with Crippen LogP contribution in [0, 0.1) is 10.1 Å². The van der Waals surface area contributed by atoms with Crippen LogP contribution < -0.4 is 10.1 Å². The van der Waals surface area contributed by atoms with Gasteiger partial charge in [-0.2, -0.15) is 0 Å². The van der Waals surface area contributed by atoms with Gasteiger partial charge in [-0.1, -0.05) is 12.1 Å². The summed E-state index contributed by atoms with van der Waals surface area (Å²) in [6.45, 7) is -0.0868. The maximum absolute atomic E-state index is 12.3. The predicted octanol–water partition coefficient (Wildman–Crippen LogP) is 4.21. The number of carbonyl (C=O) groups excluding carboxylic acids is 2. The Balaban J connectivity index is 1.57. The van der Waals surface area contributed by atoms with E-state index >= 15 is 0 Å². The minimum atomic E-state index is -0.575. The van der Waals surface area contributed by atoms with Crippen molar-refractivity contribution in [3.63, 3.8) is 0 Å². The maximum atomic E-state index is 12.3. The van der Waals surface area contributed by atoms with Crippen LogP contribution in [0.2, 0.25) is 0 Å². The number of benzene rings is 3. The van der Waals surface area contributed by atoms with Gasteiger partial charge >= 0.3 is 5.97 Å². The van der Waals surface area contributed by atoms with Crippen molar-refractivity contribution in [1.29, 1.82) is 0 Å². The third-order valence-corrected chi connectivity index (χ3v) is 4.22. The van der Waals surface area contributed by atoms with E-state index in [1.165, 1.54) is 30.3 Å². The van der Waals surface area contributed by atoms with Crippen molar-refractivity contribution in [1.82, 2.24) is 0 Å². The molecule has 0 atom stereocenters. The van der Waals surface area contributed by atoms with E-state index in [-0.39, 0.29) is 18.2 Å². The first kappa shape index (κ1) is 20.5. The second-order valence-electron chi connectivity index (χ2n) is 6.26. The van der Waals surface area contributed by atoms with E-state index in [1.807, 2.05) is 0 Å². The fourth-order valence-electron chi connectivity index (χ4n) is 2.63. The summed E-state index contributed by atoms with van der Waals surface area (Å²) in [6.07, 6.45) is 0. The standard InChI is InChI=1S/C22H18N2O6/c1-29-20-11-7-16(8-12-20)21(25)23-18-9-5-17(6-10-18)22(26)30-14-15-3-2-4-19(13-15)24(27)28/h2-13H,14H2,1H3,(H,23,25). The molecule has 0 radical (unpaired) electrons. The normalized spacial score (nSPS) is 10.2. The molecule has 3 rings (SSSR count). The Kier molecular flexibility index (Phi) is 6.39. The molecule has 3 aromatic carbocycles. The number of methoxy groups -OCH3 is 1. The van der Waals surface area contributed by atoms with Gasteiger partial charge in [0, 0.05) is 23.4 Å². The number of ether oxygens (including phenoxy) is 2. The lowest BCUT2D eigenvalue weighted by atomic mass is 10.1. The molecule has 0 aromatic heterocycles. The number of nitrogens with one attached hydrogen (secondary N) is 1. The highest BCUT2D eigenvalue weighted by molar-refractivity contribution is 6.04. The molecular formula is C22H18N2O6. The van der Waals surface area contributed by atoms with Crippen molar-refractivity contribution in [2.75, 3.05) is 12.4 Å². The van der Waals surface area contributed by atoms with Gasteiger partial charge in [0.1, 0.15) is 12.4 Å². The molecule has 0 saturated heterocycles. The molecule has 0 bridgehead atoms. The quantitative estimate of drug-likeness (QED) is 0.358. The third-order valence-electron chi connectivity index (χ3n) is 4.22. The van der Waals surface area contributed by atoms with Gasteiger partial charge in [0.15, 0.2) is 0 Å². The monoisotopic (exact) mass is 406 g/mol. The van der Waals surface area contributed by atoms with Crippen molar-refractivity contribution < 1.29 is 24.0 Å². The molecule has 0 spiro atoms. The van der Waals surface area contributed by atoms with Crippen LogP contribution in [0.3, 0.4) is 0 Å². The number of carbonyl (C=O) groups is 2. The molecule has 0 aliphatic heterocycles. The Morgan fingerprint density at radius 1 is 0.967 bits per heavy atom. The van der Waals surface area contributed by atoms with E-state index in [0.717, 1.165) is 0 Å². The SMILES string of the molecule is COc1ccc(C(=O)Nc2ccc(C(=O)OCc3cccc([N+](=O)[O-])c3)cc2)cc1. The summed E-state index contributed by atoms with van der Waals surface area (Å²) in [7, 11) is 1.55. The number of amides is 1. The van der Waals surface area contributed by atoms with Crippen LogP contribution in [0.25, 0.3) is 0 Å². The van der Waals surface area contributed by atoms with Gasteiger partial charge in [0.05, 0.1) is 17.6 Å². The molecule has 0 aliphatic rings. The molecule has 8 nitrogen and oxygen atoms in total. The number of rotatable bonds is 7. The summed E-state index contributed by atoms with van der Waals surface area (Å²) in [4.78, 5) is 34.8. The molecular weight excluding hydrogens is 388 g/mol. The number of hydrogen-bond donors (Lipinski definition) is 1. The molecule has 30 heavy (non-hydrogen) atoms. The average molecular weight is 406 g/mol. The van der Waals surface area contributed by atoms with Crippen LogP contribution in [0.15, 0.2) is 72.8 Å². The van der Waals surface area contributed by atoms with E-state index in [0.29, 0.717) is 28.1 Å². The zero-order chi connectivity index (χ0) is 21.5. The van der Waals surface area contributed by atoms with E-state index < -0.39 is 10.9 Å². The Morgan fingerprint density at radius 3 is 2.27 bits per heavy atom. The predicted molar refractivity (Wildman–Crippen MR) is 110 cm³/mol. The highest BCUT2D eigenvalue weighted by Crippen LogP contribution is 2.17. The third kappa shape index (κ3) is 5.20. The lowest BCUT2D eigenvalue weighted by Gasteiger charge is -2.08. The number of hydrogen-bond acceptors (Lipinski definition) is 6. The van der Waals surface area contributed by atoms with Crippen LogP contribution in [0.5, 0.6) is 5.75 Å². The molecule has 0 aliphatic carbocycles. The van der Waals surface area contributed by atoms with Crippen LogP contribution in [0.4, 0.5) is 11.4 Å². The fraction of sp³-hybridized carbons (Fsp3) is 0.0909. The second kappa shape index (κ2) is 9.33. The van der Waals surface area contributed by atoms with Crippen LogP contribution in [-0.2, 0) is 11.3 Å². The largest absolute Gasteiger partial charge is 0.497 e. The molecule has 1 N–H and O–H groups in total. The molecule has 0 fully saturated rings. The Morgan fingerprint density at radius 2 is 1.63 bits per heavy atom. The van der Waals surface area contributed by atoms with Crippen LogP contribution in [-0.4, -0.2) is 23.9 Å². The smallest absolute Gasteiger partial charge is 0.338 e. The van der Waals surface area contributed by atoms with Gasteiger partial charge in [-0.3, -0.25) is 14.9 Å². The van der Waals surface area contributed by atoms with Gasteiger partial charge in [0.2, 0.25) is 0 Å². The zero-order valence-corrected chi connectivity index (χ0v) is 16.0. The lowest BCUT2D eigenvalue weighted by molar-refractivity contribution is -0.384. The van der Waals surface area contributed by atoms with Crippen molar-refractivity contribution >= 4 is 23.3 Å². The van der Waals surface area contributed by atoms with Crippen LogP contribution >= 0.6 is 0 Å². The van der Waals surface area contributed by atoms with Crippen molar-refractivity contribution in [3.8, 4) is 5.75 Å². The van der Waals surface area contributed by atoms with Gasteiger partial charge in [-0.15, -0.1) is 0 Å². The summed E-state index contributed by atoms with van der Waals surface area (Å²) in [5.41, 5.74) is 1.73. The molecule has 1 amide bonds. The van der Waals surface area contributed by atoms with E-state index in [4.69, 9.17) is 9.47 Å². The minimum absolute atomic E-state index is 0.0690. The summed E-state index contributed by atoms with van der Waals surface area (Å²) < 4.78 is 10.3. The topological polar surface area (TPSA) is 108 Å². The summed E-state index contributed by atoms with van der Waals surface area (Å²) in [5, 5.41) is 13.5. The van der Waals surface area contributed by atoms with E-state index in [9.17, 15) is 19.7 Å². The molecule has 0 saturated carbocycles. The van der Waals surface area contributed by atoms with Gasteiger partial charge in [-0.25, -0.2) is 4.79 Å². The first-order valence-corrected chi connectivity index (χ1v) is 8.92. The Hall–Kier alpha value is -4.20. The summed E-state index contributed by atoms with van der Waals surface area (Å²) >= 11 is 0. The van der Waals surface area contributed by atoms with Crippen molar-refractivity contribution in [2.45, 2.75) is 6.61 Å². The lowest BCUT2D eigenvalue weighted by Crippen LogP contribution is -2.12. The highest BCUT2D eigenvalue weighted by atomic mass is 16.6. The minimum Gasteiger partial charge on any atom is -0.497 e.